The highest BCUT2D eigenvalue weighted by Crippen LogP contribution is 2.30. The monoisotopic (exact) mass is 408 g/mol. The van der Waals surface area contributed by atoms with E-state index in [0.29, 0.717) is 30.4 Å². The molecule has 1 fully saturated rings. The molecule has 0 aliphatic heterocycles. The van der Waals surface area contributed by atoms with E-state index in [9.17, 15) is 14.9 Å². The van der Waals surface area contributed by atoms with Crippen LogP contribution in [0.3, 0.4) is 0 Å². The fraction of sp³-hybridized carbons (Fsp3) is 0.542. The van der Waals surface area contributed by atoms with Crippen molar-refractivity contribution in [2.45, 2.75) is 58.5 Å². The van der Waals surface area contributed by atoms with Gasteiger partial charge in [0, 0.05) is 24.0 Å². The Morgan fingerprint density at radius 3 is 2.67 bits per heavy atom. The average Bonchev–Trinajstić information content (AvgIpc) is 3.04. The molecule has 2 aromatic rings. The molecule has 2 N–H and O–H groups in total. The van der Waals surface area contributed by atoms with Crippen molar-refractivity contribution in [1.82, 2.24) is 15.2 Å². The lowest BCUT2D eigenvalue weighted by Crippen LogP contribution is -2.51. The van der Waals surface area contributed by atoms with Gasteiger partial charge >= 0.3 is 0 Å². The third kappa shape index (κ3) is 4.84. The highest BCUT2D eigenvalue weighted by molar-refractivity contribution is 5.99. The zero-order chi connectivity index (χ0) is 21.8. The molecule has 4 unspecified atom stereocenters. The van der Waals surface area contributed by atoms with Crippen LogP contribution in [0.2, 0.25) is 0 Å². The summed E-state index contributed by atoms with van der Waals surface area (Å²) in [4.78, 5) is 26.1. The summed E-state index contributed by atoms with van der Waals surface area (Å²) in [6.45, 7) is 6.22. The first-order chi connectivity index (χ1) is 14.3. The topological polar surface area (TPSA) is 86.9 Å². The summed E-state index contributed by atoms with van der Waals surface area (Å²) in [5, 5.41) is 16.4. The van der Waals surface area contributed by atoms with Crippen molar-refractivity contribution in [3.8, 4) is 6.07 Å². The molecule has 1 aromatic heterocycles. The standard InChI is InChI=1S/C24H32N4O2/c1-15(2)11-18(14-25)26-23(29)19-10-9-16(3)12-20(19)27-24(30)22-13-17-7-5-6-8-21(17)28(22)4/h5-8,13,15-16,18-20H,9-12H2,1-4H3,(H,26,29)(H,27,30). The SMILES string of the molecule is CC(C)CC(C#N)NC(=O)C1CCC(C)CC1NC(=O)c1cc2ccccc2n1C. The molecule has 1 aliphatic carbocycles. The largest absolute Gasteiger partial charge is 0.347 e. The minimum absolute atomic E-state index is 0.128. The molecule has 1 aliphatic rings. The number of fused-ring (bicyclic) bond motifs is 1. The van der Waals surface area contributed by atoms with E-state index in [1.807, 2.05) is 55.8 Å². The number of carbonyl (C=O) groups is 2. The first kappa shape index (κ1) is 21.9. The predicted molar refractivity (Wildman–Crippen MR) is 118 cm³/mol. The molecule has 4 atom stereocenters. The molecule has 2 amide bonds. The van der Waals surface area contributed by atoms with E-state index in [1.54, 1.807) is 0 Å². The summed E-state index contributed by atoms with van der Waals surface area (Å²) in [6.07, 6.45) is 3.04. The van der Waals surface area contributed by atoms with Gasteiger partial charge in [-0.1, -0.05) is 39.0 Å². The highest BCUT2D eigenvalue weighted by Gasteiger charge is 2.36. The summed E-state index contributed by atoms with van der Waals surface area (Å²) in [7, 11) is 1.88. The Bertz CT molecular complexity index is 956. The summed E-state index contributed by atoms with van der Waals surface area (Å²) in [6, 6.07) is 11.2. The summed E-state index contributed by atoms with van der Waals surface area (Å²) >= 11 is 0. The van der Waals surface area contributed by atoms with Crippen LogP contribution < -0.4 is 10.6 Å². The molecule has 0 radical (unpaired) electrons. The molecule has 0 bridgehead atoms. The Kier molecular flexibility index (Phi) is 6.81. The zero-order valence-electron chi connectivity index (χ0n) is 18.3. The summed E-state index contributed by atoms with van der Waals surface area (Å²) < 4.78 is 1.89. The first-order valence-corrected chi connectivity index (χ1v) is 10.9. The second-order valence-electron chi connectivity index (χ2n) is 9.07. The van der Waals surface area contributed by atoms with Gasteiger partial charge in [-0.25, -0.2) is 0 Å². The smallest absolute Gasteiger partial charge is 0.268 e. The second kappa shape index (κ2) is 9.34. The third-order valence-corrected chi connectivity index (χ3v) is 6.13. The fourth-order valence-corrected chi connectivity index (χ4v) is 4.50. The van der Waals surface area contributed by atoms with Gasteiger partial charge in [-0.2, -0.15) is 5.26 Å². The maximum Gasteiger partial charge on any atom is 0.268 e. The average molecular weight is 409 g/mol. The molecule has 1 aromatic carbocycles. The van der Waals surface area contributed by atoms with Crippen molar-refractivity contribution in [3.63, 3.8) is 0 Å². The second-order valence-corrected chi connectivity index (χ2v) is 9.07. The third-order valence-electron chi connectivity index (χ3n) is 6.13. The normalized spacial score (nSPS) is 22.5. The van der Waals surface area contributed by atoms with Crippen LogP contribution in [-0.2, 0) is 11.8 Å². The molecular formula is C24H32N4O2. The van der Waals surface area contributed by atoms with E-state index < -0.39 is 6.04 Å². The van der Waals surface area contributed by atoms with Gasteiger partial charge in [0.25, 0.3) is 5.91 Å². The van der Waals surface area contributed by atoms with E-state index >= 15 is 0 Å². The number of nitriles is 1. The van der Waals surface area contributed by atoms with Crippen LogP contribution in [0.1, 0.15) is 56.9 Å². The molecule has 1 saturated carbocycles. The Morgan fingerprint density at radius 2 is 2.00 bits per heavy atom. The number of aryl methyl sites for hydroxylation is 1. The molecule has 160 valence electrons. The minimum atomic E-state index is -0.494. The molecule has 0 spiro atoms. The van der Waals surface area contributed by atoms with Gasteiger partial charge in [0.1, 0.15) is 11.7 Å². The Balaban J connectivity index is 1.75. The fourth-order valence-electron chi connectivity index (χ4n) is 4.50. The van der Waals surface area contributed by atoms with E-state index in [2.05, 4.69) is 23.6 Å². The van der Waals surface area contributed by atoms with Gasteiger partial charge in [-0.15, -0.1) is 0 Å². The van der Waals surface area contributed by atoms with Crippen molar-refractivity contribution in [3.05, 3.63) is 36.0 Å². The van der Waals surface area contributed by atoms with Crippen LogP contribution in [0.5, 0.6) is 0 Å². The molecule has 1 heterocycles. The lowest BCUT2D eigenvalue weighted by Gasteiger charge is -2.35. The maximum atomic E-state index is 13.1. The van der Waals surface area contributed by atoms with Crippen LogP contribution in [0, 0.1) is 29.1 Å². The van der Waals surface area contributed by atoms with E-state index in [0.717, 1.165) is 23.7 Å². The Labute approximate surface area is 178 Å². The van der Waals surface area contributed by atoms with E-state index in [-0.39, 0.29) is 23.8 Å². The number of para-hydroxylation sites is 1. The number of hydrogen-bond acceptors (Lipinski definition) is 3. The van der Waals surface area contributed by atoms with Crippen molar-refractivity contribution in [2.24, 2.45) is 24.8 Å². The Morgan fingerprint density at radius 1 is 1.27 bits per heavy atom. The van der Waals surface area contributed by atoms with Gasteiger partial charge in [-0.05, 0) is 49.7 Å². The van der Waals surface area contributed by atoms with Gasteiger partial charge in [-0.3, -0.25) is 9.59 Å². The number of hydrogen-bond donors (Lipinski definition) is 2. The summed E-state index contributed by atoms with van der Waals surface area (Å²) in [5.41, 5.74) is 1.59. The molecule has 30 heavy (non-hydrogen) atoms. The number of amides is 2. The number of aromatic nitrogens is 1. The van der Waals surface area contributed by atoms with Crippen LogP contribution in [-0.4, -0.2) is 28.5 Å². The number of nitrogens with zero attached hydrogens (tertiary/aromatic N) is 2. The van der Waals surface area contributed by atoms with Crippen molar-refractivity contribution in [2.75, 3.05) is 0 Å². The van der Waals surface area contributed by atoms with E-state index in [1.165, 1.54) is 0 Å². The number of carbonyl (C=O) groups excluding carboxylic acids is 2. The van der Waals surface area contributed by atoms with Crippen LogP contribution in [0.4, 0.5) is 0 Å². The Hall–Kier alpha value is -2.81. The van der Waals surface area contributed by atoms with Gasteiger partial charge in [0.15, 0.2) is 0 Å². The lowest BCUT2D eigenvalue weighted by molar-refractivity contribution is -0.127. The van der Waals surface area contributed by atoms with Crippen molar-refractivity contribution in [1.29, 1.82) is 5.26 Å². The van der Waals surface area contributed by atoms with Crippen molar-refractivity contribution >= 4 is 22.7 Å². The molecule has 6 heteroatoms. The quantitative estimate of drug-likeness (QED) is 0.763. The zero-order valence-corrected chi connectivity index (χ0v) is 18.3. The maximum absolute atomic E-state index is 13.1. The molecule has 0 saturated heterocycles. The van der Waals surface area contributed by atoms with E-state index in [4.69, 9.17) is 0 Å². The predicted octanol–water partition coefficient (Wildman–Crippen LogP) is 3.77. The van der Waals surface area contributed by atoms with Gasteiger partial charge in [0.05, 0.1) is 12.0 Å². The molecule has 6 nitrogen and oxygen atoms in total. The van der Waals surface area contributed by atoms with Crippen LogP contribution >= 0.6 is 0 Å². The minimum Gasteiger partial charge on any atom is -0.347 e. The molecular weight excluding hydrogens is 376 g/mol. The number of benzene rings is 1. The van der Waals surface area contributed by atoms with Crippen molar-refractivity contribution < 1.29 is 9.59 Å². The summed E-state index contributed by atoms with van der Waals surface area (Å²) in [5.74, 6) is 0.154. The highest BCUT2D eigenvalue weighted by atomic mass is 16.2. The van der Waals surface area contributed by atoms with Gasteiger partial charge in [0.2, 0.25) is 5.91 Å². The van der Waals surface area contributed by atoms with Crippen LogP contribution in [0.25, 0.3) is 10.9 Å². The molecule has 3 rings (SSSR count). The number of nitrogens with one attached hydrogen (secondary N) is 2. The van der Waals surface area contributed by atoms with Gasteiger partial charge < -0.3 is 15.2 Å². The number of rotatable bonds is 6. The lowest BCUT2D eigenvalue weighted by atomic mass is 9.78. The first-order valence-electron chi connectivity index (χ1n) is 10.9. The van der Waals surface area contributed by atoms with Crippen LogP contribution in [0.15, 0.2) is 30.3 Å².